The monoisotopic (exact) mass is 326 g/mol. The Morgan fingerprint density at radius 3 is 2.67 bits per heavy atom. The quantitative estimate of drug-likeness (QED) is 0.869. The number of nitrogens with zero attached hydrogens (tertiary/aromatic N) is 2. The van der Waals surface area contributed by atoms with E-state index >= 15 is 0 Å². The van der Waals surface area contributed by atoms with E-state index in [1.165, 1.54) is 12.8 Å². The lowest BCUT2D eigenvalue weighted by Crippen LogP contribution is -2.46. The third-order valence-electron chi connectivity index (χ3n) is 6.18. The topological polar surface area (TPSA) is 53.4 Å². The minimum atomic E-state index is -0.889. The van der Waals surface area contributed by atoms with Gasteiger partial charge in [0.2, 0.25) is 5.91 Å². The molecule has 3 aliphatic rings. The lowest BCUT2D eigenvalue weighted by molar-refractivity contribution is -0.137. The second kappa shape index (κ2) is 5.99. The number of amides is 1. The third kappa shape index (κ3) is 2.88. The van der Waals surface area contributed by atoms with Crippen LogP contribution >= 0.6 is 0 Å². The molecule has 0 unspecified atom stereocenters. The summed E-state index contributed by atoms with van der Waals surface area (Å²) < 4.78 is 0. The maximum Gasteiger partial charge on any atom is 0.222 e. The first-order valence-corrected chi connectivity index (χ1v) is 9.15. The van der Waals surface area contributed by atoms with E-state index in [0.717, 1.165) is 11.3 Å². The minimum absolute atomic E-state index is 0.264. The number of aromatic nitrogens is 1. The van der Waals surface area contributed by atoms with E-state index in [2.05, 4.69) is 17.1 Å². The maximum absolute atomic E-state index is 12.6. The van der Waals surface area contributed by atoms with Crippen LogP contribution in [0.15, 0.2) is 30.5 Å². The summed E-state index contributed by atoms with van der Waals surface area (Å²) in [6, 6.07) is 3.90. The van der Waals surface area contributed by atoms with Crippen LogP contribution in [0.4, 0.5) is 0 Å². The molecule has 0 aromatic carbocycles. The van der Waals surface area contributed by atoms with Crippen molar-refractivity contribution in [1.82, 2.24) is 9.88 Å². The summed E-state index contributed by atoms with van der Waals surface area (Å²) in [6.07, 6.45) is 10.7. The minimum Gasteiger partial charge on any atom is -0.383 e. The summed E-state index contributed by atoms with van der Waals surface area (Å²) in [4.78, 5) is 19.0. The van der Waals surface area contributed by atoms with Crippen LogP contribution in [0.2, 0.25) is 0 Å². The molecule has 3 atom stereocenters. The predicted molar refractivity (Wildman–Crippen MR) is 92.1 cm³/mol. The molecule has 4 rings (SSSR count). The number of hydrogen-bond acceptors (Lipinski definition) is 3. The molecule has 1 aliphatic heterocycles. The Balaban J connectivity index is 1.34. The van der Waals surface area contributed by atoms with Crippen molar-refractivity contribution in [2.24, 2.45) is 17.8 Å². The molecule has 1 N–H and O–H groups in total. The molecule has 0 radical (unpaired) electrons. The predicted octanol–water partition coefficient (Wildman–Crippen LogP) is 2.80. The van der Waals surface area contributed by atoms with Crippen molar-refractivity contribution in [2.45, 2.75) is 44.6 Å². The molecule has 1 aromatic rings. The first kappa shape index (κ1) is 15.8. The van der Waals surface area contributed by atoms with Crippen LogP contribution in [-0.2, 0) is 10.4 Å². The molecule has 1 amide bonds. The highest BCUT2D eigenvalue weighted by molar-refractivity contribution is 5.76. The molecule has 4 nitrogen and oxygen atoms in total. The van der Waals surface area contributed by atoms with Gasteiger partial charge in [0.25, 0.3) is 0 Å². The number of carbonyl (C=O) groups excluding carboxylic acids is 1. The van der Waals surface area contributed by atoms with E-state index in [9.17, 15) is 9.90 Å². The third-order valence-corrected chi connectivity index (χ3v) is 6.18. The first-order valence-electron chi connectivity index (χ1n) is 9.15. The average Bonchev–Trinajstić information content (AvgIpc) is 3.19. The van der Waals surface area contributed by atoms with Crippen molar-refractivity contribution in [3.05, 3.63) is 41.7 Å². The van der Waals surface area contributed by atoms with Crippen LogP contribution in [0.5, 0.6) is 0 Å². The molecule has 2 heterocycles. The molecule has 2 fully saturated rings. The second-order valence-electron chi connectivity index (χ2n) is 7.88. The Morgan fingerprint density at radius 1 is 1.29 bits per heavy atom. The van der Waals surface area contributed by atoms with Gasteiger partial charge >= 0.3 is 0 Å². The van der Waals surface area contributed by atoms with Crippen LogP contribution in [0.1, 0.15) is 43.4 Å². The fourth-order valence-corrected chi connectivity index (χ4v) is 4.61. The van der Waals surface area contributed by atoms with E-state index in [1.807, 2.05) is 24.0 Å². The van der Waals surface area contributed by atoms with Gasteiger partial charge < -0.3 is 10.0 Å². The van der Waals surface area contributed by atoms with E-state index in [4.69, 9.17) is 0 Å². The summed E-state index contributed by atoms with van der Waals surface area (Å²) in [5, 5.41) is 10.9. The molecule has 1 saturated carbocycles. The van der Waals surface area contributed by atoms with Gasteiger partial charge in [0, 0.05) is 25.7 Å². The Morgan fingerprint density at radius 2 is 2.08 bits per heavy atom. The Labute approximate surface area is 143 Å². The molecule has 128 valence electrons. The Hall–Kier alpha value is -1.68. The Kier molecular flexibility index (Phi) is 3.95. The van der Waals surface area contributed by atoms with Crippen molar-refractivity contribution >= 4 is 5.91 Å². The SMILES string of the molecule is Cc1ccc(C2(O)CCN(C(=O)C[C@@H]3C[C@@H]4C=C[C@H]3C4)CC2)nc1. The Bertz CT molecular complexity index is 644. The highest BCUT2D eigenvalue weighted by Gasteiger charge is 2.40. The number of allylic oxidation sites excluding steroid dienone is 2. The van der Waals surface area contributed by atoms with Crippen molar-refractivity contribution in [1.29, 1.82) is 0 Å². The van der Waals surface area contributed by atoms with Gasteiger partial charge in [-0.1, -0.05) is 18.2 Å². The zero-order chi connectivity index (χ0) is 16.7. The van der Waals surface area contributed by atoms with E-state index in [-0.39, 0.29) is 5.91 Å². The number of piperidine rings is 1. The van der Waals surface area contributed by atoms with Gasteiger partial charge in [-0.15, -0.1) is 0 Å². The van der Waals surface area contributed by atoms with Gasteiger partial charge in [-0.3, -0.25) is 9.78 Å². The van der Waals surface area contributed by atoms with Crippen molar-refractivity contribution in [2.75, 3.05) is 13.1 Å². The van der Waals surface area contributed by atoms with Crippen molar-refractivity contribution < 1.29 is 9.90 Å². The summed E-state index contributed by atoms with van der Waals surface area (Å²) >= 11 is 0. The van der Waals surface area contributed by atoms with Gasteiger partial charge in [-0.25, -0.2) is 0 Å². The second-order valence-corrected chi connectivity index (χ2v) is 7.88. The number of rotatable bonds is 3. The smallest absolute Gasteiger partial charge is 0.222 e. The molecule has 24 heavy (non-hydrogen) atoms. The first-order chi connectivity index (χ1) is 11.5. The standard InChI is InChI=1S/C20H26N2O2/c1-14-2-5-18(21-13-14)20(24)6-8-22(9-7-20)19(23)12-17-11-15-3-4-16(17)10-15/h2-5,13,15-17,24H,6-12H2,1H3/t15-,16+,17+/m1/s1. The number of aliphatic hydroxyl groups is 1. The number of pyridine rings is 1. The van der Waals surface area contributed by atoms with Crippen LogP contribution in [0.3, 0.4) is 0 Å². The van der Waals surface area contributed by atoms with Crippen LogP contribution in [0, 0.1) is 24.7 Å². The molecule has 4 heteroatoms. The molecular formula is C20H26N2O2. The lowest BCUT2D eigenvalue weighted by Gasteiger charge is -2.38. The summed E-state index contributed by atoms with van der Waals surface area (Å²) in [7, 11) is 0. The lowest BCUT2D eigenvalue weighted by atomic mass is 9.86. The molecule has 1 saturated heterocycles. The largest absolute Gasteiger partial charge is 0.383 e. The van der Waals surface area contributed by atoms with Gasteiger partial charge in [-0.2, -0.15) is 0 Å². The highest BCUT2D eigenvalue weighted by atomic mass is 16.3. The zero-order valence-corrected chi connectivity index (χ0v) is 14.3. The van der Waals surface area contributed by atoms with E-state index in [1.54, 1.807) is 6.20 Å². The molecule has 2 aliphatic carbocycles. The number of hydrogen-bond donors (Lipinski definition) is 1. The van der Waals surface area contributed by atoms with Gasteiger partial charge in [0.15, 0.2) is 0 Å². The van der Waals surface area contributed by atoms with Crippen LogP contribution in [0.25, 0.3) is 0 Å². The molecule has 2 bridgehead atoms. The summed E-state index contributed by atoms with van der Waals surface area (Å²) in [5.74, 6) is 2.14. The number of aryl methyl sites for hydroxylation is 1. The summed E-state index contributed by atoms with van der Waals surface area (Å²) in [6.45, 7) is 3.25. The molecule has 1 aromatic heterocycles. The molecular weight excluding hydrogens is 300 g/mol. The van der Waals surface area contributed by atoms with E-state index < -0.39 is 5.60 Å². The number of carbonyl (C=O) groups is 1. The fraction of sp³-hybridized carbons (Fsp3) is 0.600. The van der Waals surface area contributed by atoms with Crippen LogP contribution < -0.4 is 0 Å². The highest BCUT2D eigenvalue weighted by Crippen LogP contribution is 2.45. The van der Waals surface area contributed by atoms with Gasteiger partial charge in [0.05, 0.1) is 5.69 Å². The van der Waals surface area contributed by atoms with Crippen molar-refractivity contribution in [3.63, 3.8) is 0 Å². The fourth-order valence-electron chi connectivity index (χ4n) is 4.61. The van der Waals surface area contributed by atoms with Crippen LogP contribution in [-0.4, -0.2) is 34.0 Å². The van der Waals surface area contributed by atoms with Crippen molar-refractivity contribution in [3.8, 4) is 0 Å². The summed E-state index contributed by atoms with van der Waals surface area (Å²) in [5.41, 5.74) is 0.938. The normalized spacial score (nSPS) is 30.8. The zero-order valence-electron chi connectivity index (χ0n) is 14.3. The van der Waals surface area contributed by atoms with Gasteiger partial charge in [0.1, 0.15) is 5.60 Å². The molecule has 0 spiro atoms. The maximum atomic E-state index is 12.6. The number of fused-ring (bicyclic) bond motifs is 2. The average molecular weight is 326 g/mol. The van der Waals surface area contributed by atoms with E-state index in [0.29, 0.717) is 50.1 Å². The number of likely N-dealkylation sites (tertiary alicyclic amines) is 1. The van der Waals surface area contributed by atoms with Gasteiger partial charge in [-0.05, 0) is 62.0 Å².